The third-order valence-corrected chi connectivity index (χ3v) is 4.88. The van der Waals surface area contributed by atoms with Gasteiger partial charge in [-0.1, -0.05) is 6.07 Å². The summed E-state index contributed by atoms with van der Waals surface area (Å²) in [6.45, 7) is -0.692. The first kappa shape index (κ1) is 17.2. The maximum atomic E-state index is 12.0. The van der Waals surface area contributed by atoms with Gasteiger partial charge >= 0.3 is 0 Å². The van der Waals surface area contributed by atoms with E-state index in [0.717, 1.165) is 4.90 Å². The molecular weight excluding hydrogens is 310 g/mol. The second kappa shape index (κ2) is 7.77. The highest BCUT2D eigenvalue weighted by molar-refractivity contribution is 8.00. The Morgan fingerprint density at radius 3 is 2.70 bits per heavy atom. The van der Waals surface area contributed by atoms with E-state index in [1.807, 2.05) is 4.72 Å². The summed E-state index contributed by atoms with van der Waals surface area (Å²) in [5, 5.41) is 8.83. The van der Waals surface area contributed by atoms with Crippen molar-refractivity contribution in [1.82, 2.24) is 4.72 Å². The zero-order chi connectivity index (χ0) is 15.2. The minimum atomic E-state index is -3.69. The molecule has 1 atom stereocenters. The van der Waals surface area contributed by atoms with Crippen LogP contribution in [0.2, 0.25) is 0 Å². The summed E-state index contributed by atoms with van der Waals surface area (Å²) in [4.78, 5) is 0.827. The number of aliphatic hydroxyl groups is 1. The van der Waals surface area contributed by atoms with E-state index in [1.165, 1.54) is 11.8 Å². The molecule has 1 aromatic rings. The molecular formula is C11H16F2N2O3S2. The summed E-state index contributed by atoms with van der Waals surface area (Å²) < 4.78 is 49.0. The molecule has 0 aliphatic carbocycles. The van der Waals surface area contributed by atoms with Crippen LogP contribution in [-0.2, 0) is 10.0 Å². The number of anilines is 1. The van der Waals surface area contributed by atoms with E-state index in [-0.39, 0.29) is 11.5 Å². The number of halogens is 2. The van der Waals surface area contributed by atoms with Gasteiger partial charge in [-0.15, -0.1) is 11.8 Å². The van der Waals surface area contributed by atoms with E-state index in [2.05, 4.69) is 0 Å². The molecule has 114 valence electrons. The molecule has 0 spiro atoms. The average molecular weight is 326 g/mol. The Morgan fingerprint density at radius 2 is 2.10 bits per heavy atom. The largest absolute Gasteiger partial charge is 0.399 e. The fraction of sp³-hybridized carbons (Fsp3) is 0.455. The van der Waals surface area contributed by atoms with Crippen LogP contribution in [0.1, 0.15) is 0 Å². The second-order valence-electron chi connectivity index (χ2n) is 3.99. The van der Waals surface area contributed by atoms with Crippen LogP contribution in [0.4, 0.5) is 14.5 Å². The summed E-state index contributed by atoms with van der Waals surface area (Å²) in [5.41, 5.74) is 6.16. The molecule has 0 aliphatic rings. The van der Waals surface area contributed by atoms with Gasteiger partial charge in [0.2, 0.25) is 10.0 Å². The van der Waals surface area contributed by atoms with E-state index in [9.17, 15) is 17.2 Å². The molecule has 4 N–H and O–H groups in total. The smallest absolute Gasteiger partial charge is 0.265 e. The highest BCUT2D eigenvalue weighted by Gasteiger charge is 2.19. The lowest BCUT2D eigenvalue weighted by Crippen LogP contribution is -2.37. The minimum Gasteiger partial charge on any atom is -0.399 e. The number of nitrogens with one attached hydrogen (secondary N) is 1. The van der Waals surface area contributed by atoms with E-state index < -0.39 is 29.1 Å². The van der Waals surface area contributed by atoms with E-state index in [4.69, 9.17) is 10.8 Å². The van der Waals surface area contributed by atoms with E-state index in [0.29, 0.717) is 5.69 Å². The van der Waals surface area contributed by atoms with Gasteiger partial charge in [0.25, 0.3) is 6.43 Å². The van der Waals surface area contributed by atoms with Crippen molar-refractivity contribution in [1.29, 1.82) is 0 Å². The molecule has 0 amide bonds. The van der Waals surface area contributed by atoms with Crippen molar-refractivity contribution in [2.75, 3.05) is 23.8 Å². The van der Waals surface area contributed by atoms with Crippen LogP contribution in [0.15, 0.2) is 29.2 Å². The molecule has 0 fully saturated rings. The van der Waals surface area contributed by atoms with Crippen LogP contribution in [0.5, 0.6) is 0 Å². The number of nitrogens with two attached hydrogens (primary N) is 1. The summed E-state index contributed by atoms with van der Waals surface area (Å²) in [7, 11) is -3.69. The average Bonchev–Trinajstić information content (AvgIpc) is 2.36. The van der Waals surface area contributed by atoms with Crippen LogP contribution < -0.4 is 10.5 Å². The van der Waals surface area contributed by atoms with Gasteiger partial charge in [-0.3, -0.25) is 0 Å². The van der Waals surface area contributed by atoms with Crippen molar-refractivity contribution in [3.8, 4) is 0 Å². The first-order valence-electron chi connectivity index (χ1n) is 5.72. The molecule has 1 aromatic carbocycles. The van der Waals surface area contributed by atoms with Crippen molar-refractivity contribution in [2.45, 2.75) is 17.4 Å². The minimum absolute atomic E-state index is 0.234. The number of hydrogen-bond acceptors (Lipinski definition) is 5. The SMILES string of the molecule is Nc1cccc(SCCS(=O)(=O)NCC(O)C(F)F)c1. The normalized spacial score (nSPS) is 13.6. The lowest BCUT2D eigenvalue weighted by molar-refractivity contribution is -0.000445. The lowest BCUT2D eigenvalue weighted by atomic mass is 10.3. The first-order valence-corrected chi connectivity index (χ1v) is 8.36. The molecule has 0 saturated heterocycles. The monoisotopic (exact) mass is 326 g/mol. The van der Waals surface area contributed by atoms with Gasteiger partial charge in [-0.05, 0) is 18.2 Å². The molecule has 9 heteroatoms. The number of nitrogen functional groups attached to an aromatic ring is 1. The maximum Gasteiger partial charge on any atom is 0.265 e. The second-order valence-corrected chi connectivity index (χ2v) is 7.08. The Balaban J connectivity index is 2.36. The molecule has 0 heterocycles. The number of sulfonamides is 1. The Labute approximate surface area is 120 Å². The Bertz CT molecular complexity index is 526. The van der Waals surface area contributed by atoms with Crippen molar-refractivity contribution < 1.29 is 22.3 Å². The fourth-order valence-electron chi connectivity index (χ4n) is 1.25. The maximum absolute atomic E-state index is 12.0. The first-order chi connectivity index (χ1) is 9.30. The van der Waals surface area contributed by atoms with Crippen molar-refractivity contribution in [3.05, 3.63) is 24.3 Å². The van der Waals surface area contributed by atoms with Crippen LogP contribution in [0.3, 0.4) is 0 Å². The molecule has 5 nitrogen and oxygen atoms in total. The van der Waals surface area contributed by atoms with Crippen molar-refractivity contribution >= 4 is 27.5 Å². The predicted molar refractivity (Wildman–Crippen MR) is 75.4 cm³/mol. The number of rotatable bonds is 8. The Morgan fingerprint density at radius 1 is 1.40 bits per heavy atom. The summed E-state index contributed by atoms with van der Waals surface area (Å²) in [6, 6.07) is 6.98. The number of aliphatic hydroxyl groups excluding tert-OH is 1. The third kappa shape index (κ3) is 6.51. The molecule has 0 saturated carbocycles. The van der Waals surface area contributed by atoms with Gasteiger partial charge in [0.1, 0.15) is 6.10 Å². The van der Waals surface area contributed by atoms with Gasteiger partial charge in [0.15, 0.2) is 0 Å². The van der Waals surface area contributed by atoms with Gasteiger partial charge in [0.05, 0.1) is 5.75 Å². The molecule has 1 unspecified atom stereocenters. The topological polar surface area (TPSA) is 92.4 Å². The summed E-state index contributed by atoms with van der Waals surface area (Å²) >= 11 is 1.29. The Hall–Kier alpha value is -0.900. The molecule has 0 bridgehead atoms. The zero-order valence-corrected chi connectivity index (χ0v) is 12.1. The molecule has 1 rings (SSSR count). The van der Waals surface area contributed by atoms with Gasteiger partial charge in [-0.25, -0.2) is 21.9 Å². The molecule has 0 aromatic heterocycles. The fourth-order valence-corrected chi connectivity index (χ4v) is 3.66. The number of thioether (sulfide) groups is 1. The van der Waals surface area contributed by atoms with Crippen molar-refractivity contribution in [2.24, 2.45) is 0 Å². The third-order valence-electron chi connectivity index (χ3n) is 2.28. The lowest BCUT2D eigenvalue weighted by Gasteiger charge is -2.11. The van der Waals surface area contributed by atoms with Crippen LogP contribution in [-0.4, -0.2) is 44.1 Å². The predicted octanol–water partition coefficient (Wildman–Crippen LogP) is 0.906. The Kier molecular flexibility index (Phi) is 6.66. The number of alkyl halides is 2. The summed E-state index contributed by atoms with van der Waals surface area (Å²) in [5.74, 6) is 0.0198. The van der Waals surface area contributed by atoms with Crippen LogP contribution >= 0.6 is 11.8 Å². The molecule has 0 aliphatic heterocycles. The van der Waals surface area contributed by atoms with E-state index >= 15 is 0 Å². The highest BCUT2D eigenvalue weighted by atomic mass is 32.2. The van der Waals surface area contributed by atoms with Crippen LogP contribution in [0, 0.1) is 0 Å². The van der Waals surface area contributed by atoms with Gasteiger partial charge < -0.3 is 10.8 Å². The zero-order valence-electron chi connectivity index (χ0n) is 10.5. The number of hydrogen-bond donors (Lipinski definition) is 3. The highest BCUT2D eigenvalue weighted by Crippen LogP contribution is 2.20. The molecule has 0 radical (unpaired) electrons. The van der Waals surface area contributed by atoms with Gasteiger partial charge in [0, 0.05) is 22.9 Å². The van der Waals surface area contributed by atoms with Crippen molar-refractivity contribution in [3.63, 3.8) is 0 Å². The van der Waals surface area contributed by atoms with E-state index in [1.54, 1.807) is 24.3 Å². The quantitative estimate of drug-likeness (QED) is 0.488. The summed E-state index contributed by atoms with van der Waals surface area (Å²) in [6.07, 6.45) is -4.97. The number of benzene rings is 1. The van der Waals surface area contributed by atoms with Gasteiger partial charge in [-0.2, -0.15) is 0 Å². The molecule has 20 heavy (non-hydrogen) atoms. The van der Waals surface area contributed by atoms with Crippen LogP contribution in [0.25, 0.3) is 0 Å². The standard InChI is InChI=1S/C11H16F2N2O3S2/c12-11(13)10(16)7-15-20(17,18)5-4-19-9-3-1-2-8(14)6-9/h1-3,6,10-11,15-16H,4-5,7,14H2.